The highest BCUT2D eigenvalue weighted by atomic mass is 32.1. The van der Waals surface area contributed by atoms with Gasteiger partial charge in [0.2, 0.25) is 0 Å². The van der Waals surface area contributed by atoms with Gasteiger partial charge in [-0.25, -0.2) is 9.97 Å². The van der Waals surface area contributed by atoms with E-state index in [0.29, 0.717) is 6.04 Å². The number of rotatable bonds is 7. The molecule has 6 heteroatoms. The fourth-order valence-electron chi connectivity index (χ4n) is 3.53. The largest absolute Gasteiger partial charge is 0.347 e. The van der Waals surface area contributed by atoms with E-state index in [-0.39, 0.29) is 0 Å². The zero-order valence-corrected chi connectivity index (χ0v) is 16.2. The van der Waals surface area contributed by atoms with Crippen molar-refractivity contribution in [1.82, 2.24) is 20.3 Å². The number of fused-ring (bicyclic) bond motifs is 1. The number of hydrogen-bond acceptors (Lipinski definition) is 5. The van der Waals surface area contributed by atoms with E-state index in [0.717, 1.165) is 42.5 Å². The van der Waals surface area contributed by atoms with Gasteiger partial charge in [0, 0.05) is 44.0 Å². The van der Waals surface area contributed by atoms with Crippen molar-refractivity contribution in [2.24, 2.45) is 0 Å². The molecule has 1 aliphatic rings. The summed E-state index contributed by atoms with van der Waals surface area (Å²) in [6.07, 6.45) is 7.85. The van der Waals surface area contributed by atoms with Crippen LogP contribution in [0.25, 0.3) is 10.2 Å². The standard InChI is InChI=1S/C20H27N5S/c1-2-3-10-19-22-13-16(23-19)12-21-15-7-6-11-25(14-15)20-24-17-8-4-5-9-18(17)26-20/h4-5,8-9,13,15,21H,2-3,6-7,10-12,14H2,1H3,(H,22,23). The van der Waals surface area contributed by atoms with Crippen LogP contribution in [0.1, 0.15) is 44.1 Å². The Labute approximate surface area is 158 Å². The first-order chi connectivity index (χ1) is 12.8. The second kappa shape index (κ2) is 8.18. The molecule has 4 rings (SSSR count). The number of piperidine rings is 1. The number of aromatic nitrogens is 3. The van der Waals surface area contributed by atoms with Gasteiger partial charge in [-0.2, -0.15) is 0 Å². The van der Waals surface area contributed by atoms with Crippen molar-refractivity contribution in [2.45, 2.75) is 51.6 Å². The van der Waals surface area contributed by atoms with Crippen molar-refractivity contribution in [1.29, 1.82) is 0 Å². The number of thiazole rings is 1. The Morgan fingerprint density at radius 3 is 3.15 bits per heavy atom. The van der Waals surface area contributed by atoms with Crippen LogP contribution in [0.2, 0.25) is 0 Å². The van der Waals surface area contributed by atoms with Crippen LogP contribution in [0.3, 0.4) is 0 Å². The topological polar surface area (TPSA) is 56.8 Å². The lowest BCUT2D eigenvalue weighted by molar-refractivity contribution is 0.419. The number of anilines is 1. The van der Waals surface area contributed by atoms with Crippen LogP contribution in [0.4, 0.5) is 5.13 Å². The molecule has 5 nitrogen and oxygen atoms in total. The first kappa shape index (κ1) is 17.5. The summed E-state index contributed by atoms with van der Waals surface area (Å²) in [6, 6.07) is 8.90. The van der Waals surface area contributed by atoms with Crippen molar-refractivity contribution in [3.8, 4) is 0 Å². The van der Waals surface area contributed by atoms with E-state index in [1.165, 1.54) is 36.1 Å². The summed E-state index contributed by atoms with van der Waals surface area (Å²) in [5, 5.41) is 4.86. The minimum Gasteiger partial charge on any atom is -0.347 e. The number of unbranched alkanes of at least 4 members (excludes halogenated alkanes) is 1. The average Bonchev–Trinajstić information content (AvgIpc) is 3.31. The lowest BCUT2D eigenvalue weighted by atomic mass is 10.1. The van der Waals surface area contributed by atoms with Gasteiger partial charge in [-0.3, -0.25) is 0 Å². The minimum atomic E-state index is 0.498. The number of H-pyrrole nitrogens is 1. The SMILES string of the molecule is CCCCc1ncc(CNC2CCCN(c3nc4ccccc4s3)C2)[nH]1. The number of nitrogens with one attached hydrogen (secondary N) is 2. The number of aromatic amines is 1. The van der Waals surface area contributed by atoms with E-state index in [1.54, 1.807) is 11.3 Å². The molecular weight excluding hydrogens is 342 g/mol. The van der Waals surface area contributed by atoms with Crippen LogP contribution < -0.4 is 10.2 Å². The van der Waals surface area contributed by atoms with Crippen LogP contribution in [-0.2, 0) is 13.0 Å². The second-order valence-corrected chi connectivity index (χ2v) is 8.10. The van der Waals surface area contributed by atoms with Crippen LogP contribution >= 0.6 is 11.3 Å². The molecule has 0 amide bonds. The van der Waals surface area contributed by atoms with E-state index in [4.69, 9.17) is 4.98 Å². The van der Waals surface area contributed by atoms with E-state index in [2.05, 4.69) is 51.4 Å². The number of nitrogens with zero attached hydrogens (tertiary/aromatic N) is 3. The van der Waals surface area contributed by atoms with Gasteiger partial charge in [-0.1, -0.05) is 36.8 Å². The first-order valence-corrected chi connectivity index (χ1v) is 10.5. The Morgan fingerprint density at radius 1 is 1.35 bits per heavy atom. The number of aryl methyl sites for hydroxylation is 1. The molecule has 3 aromatic rings. The molecule has 1 unspecified atom stereocenters. The molecule has 1 saturated heterocycles. The Morgan fingerprint density at radius 2 is 2.27 bits per heavy atom. The molecule has 1 atom stereocenters. The quantitative estimate of drug-likeness (QED) is 0.658. The zero-order valence-electron chi connectivity index (χ0n) is 15.4. The summed E-state index contributed by atoms with van der Waals surface area (Å²) in [6.45, 7) is 5.20. The highest BCUT2D eigenvalue weighted by molar-refractivity contribution is 7.22. The molecule has 2 N–H and O–H groups in total. The molecule has 1 fully saturated rings. The van der Waals surface area contributed by atoms with Crippen LogP contribution in [0.5, 0.6) is 0 Å². The highest BCUT2D eigenvalue weighted by Gasteiger charge is 2.22. The summed E-state index contributed by atoms with van der Waals surface area (Å²) >= 11 is 1.80. The monoisotopic (exact) mass is 369 g/mol. The maximum Gasteiger partial charge on any atom is 0.186 e. The molecule has 0 spiro atoms. The van der Waals surface area contributed by atoms with E-state index < -0.39 is 0 Å². The van der Waals surface area contributed by atoms with E-state index in [1.807, 2.05) is 6.20 Å². The van der Waals surface area contributed by atoms with Crippen LogP contribution in [-0.4, -0.2) is 34.1 Å². The molecule has 3 heterocycles. The smallest absolute Gasteiger partial charge is 0.186 e. The Balaban J connectivity index is 1.34. The molecule has 0 aliphatic carbocycles. The highest BCUT2D eigenvalue weighted by Crippen LogP contribution is 2.30. The van der Waals surface area contributed by atoms with Gasteiger partial charge in [0.15, 0.2) is 5.13 Å². The number of imidazole rings is 1. The maximum absolute atomic E-state index is 4.82. The molecule has 0 radical (unpaired) electrons. The Hall–Kier alpha value is -1.92. The van der Waals surface area contributed by atoms with Crippen molar-refractivity contribution < 1.29 is 0 Å². The Kier molecular flexibility index (Phi) is 5.51. The third kappa shape index (κ3) is 4.07. The van der Waals surface area contributed by atoms with Crippen LogP contribution in [0.15, 0.2) is 30.5 Å². The molecule has 0 bridgehead atoms. The maximum atomic E-state index is 4.82. The average molecular weight is 370 g/mol. The van der Waals surface area contributed by atoms with Gasteiger partial charge in [-0.05, 0) is 31.4 Å². The lowest BCUT2D eigenvalue weighted by Crippen LogP contribution is -2.45. The van der Waals surface area contributed by atoms with Crippen molar-refractivity contribution in [3.05, 3.63) is 42.0 Å². The van der Waals surface area contributed by atoms with Gasteiger partial charge in [0.1, 0.15) is 5.82 Å². The summed E-state index contributed by atoms with van der Waals surface area (Å²) in [7, 11) is 0. The zero-order chi connectivity index (χ0) is 17.8. The van der Waals surface area contributed by atoms with Gasteiger partial charge < -0.3 is 15.2 Å². The summed E-state index contributed by atoms with van der Waals surface area (Å²) < 4.78 is 1.27. The molecule has 0 saturated carbocycles. The number of para-hydroxylation sites is 1. The predicted molar refractivity (Wildman–Crippen MR) is 109 cm³/mol. The number of hydrogen-bond donors (Lipinski definition) is 2. The molecule has 138 valence electrons. The number of benzene rings is 1. The van der Waals surface area contributed by atoms with Crippen molar-refractivity contribution in [3.63, 3.8) is 0 Å². The third-order valence-corrected chi connectivity index (χ3v) is 6.10. The van der Waals surface area contributed by atoms with E-state index in [9.17, 15) is 0 Å². The summed E-state index contributed by atoms with van der Waals surface area (Å²) in [5.41, 5.74) is 2.30. The first-order valence-electron chi connectivity index (χ1n) is 9.68. The summed E-state index contributed by atoms with van der Waals surface area (Å²) in [5.74, 6) is 1.11. The Bertz CT molecular complexity index is 806. The molecule has 2 aromatic heterocycles. The lowest BCUT2D eigenvalue weighted by Gasteiger charge is -2.33. The minimum absolute atomic E-state index is 0.498. The molecule has 26 heavy (non-hydrogen) atoms. The second-order valence-electron chi connectivity index (χ2n) is 7.09. The van der Waals surface area contributed by atoms with Crippen molar-refractivity contribution >= 4 is 26.7 Å². The molecule has 1 aliphatic heterocycles. The fraction of sp³-hybridized carbons (Fsp3) is 0.500. The van der Waals surface area contributed by atoms with Crippen molar-refractivity contribution in [2.75, 3.05) is 18.0 Å². The third-order valence-electron chi connectivity index (χ3n) is 5.00. The summed E-state index contributed by atoms with van der Waals surface area (Å²) in [4.78, 5) is 15.2. The van der Waals surface area contributed by atoms with E-state index >= 15 is 0 Å². The fourth-order valence-corrected chi connectivity index (χ4v) is 4.53. The van der Waals surface area contributed by atoms with Gasteiger partial charge in [0.25, 0.3) is 0 Å². The van der Waals surface area contributed by atoms with Crippen LogP contribution in [0, 0.1) is 0 Å². The predicted octanol–water partition coefficient (Wildman–Crippen LogP) is 4.12. The normalized spacial score (nSPS) is 17.9. The van der Waals surface area contributed by atoms with Gasteiger partial charge in [0.05, 0.1) is 10.2 Å². The molecular formula is C20H27N5S. The van der Waals surface area contributed by atoms with Gasteiger partial charge >= 0.3 is 0 Å². The van der Waals surface area contributed by atoms with Gasteiger partial charge in [-0.15, -0.1) is 0 Å². The molecule has 1 aromatic carbocycles.